The second-order valence-corrected chi connectivity index (χ2v) is 10.2. The third-order valence-corrected chi connectivity index (χ3v) is 7.62. The van der Waals surface area contributed by atoms with E-state index in [1.165, 1.54) is 22.9 Å². The summed E-state index contributed by atoms with van der Waals surface area (Å²) in [7, 11) is 0. The minimum atomic E-state index is -4.40. The van der Waals surface area contributed by atoms with E-state index in [-0.39, 0.29) is 18.0 Å². The van der Waals surface area contributed by atoms with Gasteiger partial charge in [-0.3, -0.25) is 4.55 Å². The average molecular weight is 515 g/mol. The van der Waals surface area contributed by atoms with Crippen LogP contribution in [0.15, 0.2) is 36.7 Å². The molecule has 1 atom stereocenters. The van der Waals surface area contributed by atoms with E-state index in [1.54, 1.807) is 4.52 Å². The van der Waals surface area contributed by atoms with E-state index in [4.69, 9.17) is 11.6 Å². The van der Waals surface area contributed by atoms with E-state index in [9.17, 15) is 21.9 Å². The predicted octanol–water partition coefficient (Wildman–Crippen LogP) is 3.82. The summed E-state index contributed by atoms with van der Waals surface area (Å²) >= 11 is 3.98. The van der Waals surface area contributed by atoms with Gasteiger partial charge >= 0.3 is 6.18 Å². The number of hydrazine groups is 1. The Morgan fingerprint density at radius 2 is 1.97 bits per heavy atom. The van der Waals surface area contributed by atoms with Crippen molar-refractivity contribution in [2.24, 2.45) is 5.41 Å². The normalized spacial score (nSPS) is 19.0. The molecule has 2 aliphatic rings. The fourth-order valence-corrected chi connectivity index (χ4v) is 5.83. The van der Waals surface area contributed by atoms with Crippen molar-refractivity contribution in [3.8, 4) is 0 Å². The van der Waals surface area contributed by atoms with E-state index < -0.39 is 23.0 Å². The van der Waals surface area contributed by atoms with Crippen molar-refractivity contribution in [3.05, 3.63) is 58.5 Å². The van der Waals surface area contributed by atoms with E-state index in [2.05, 4.69) is 20.4 Å². The van der Waals surface area contributed by atoms with Gasteiger partial charge in [0.05, 0.1) is 5.56 Å². The number of fused-ring (bicyclic) bond motifs is 1. The second kappa shape index (κ2) is 8.45. The quantitative estimate of drug-likeness (QED) is 0.384. The summed E-state index contributed by atoms with van der Waals surface area (Å²) in [6.07, 6.45) is -1.48. The summed E-state index contributed by atoms with van der Waals surface area (Å²) < 4.78 is 62.8. The number of anilines is 1. The molecule has 0 amide bonds. The third-order valence-electron chi connectivity index (χ3n) is 6.59. The highest BCUT2D eigenvalue weighted by Gasteiger charge is 2.55. The monoisotopic (exact) mass is 514 g/mol. The van der Waals surface area contributed by atoms with Crippen molar-refractivity contribution in [2.45, 2.75) is 38.5 Å². The lowest BCUT2D eigenvalue weighted by Gasteiger charge is -2.60. The van der Waals surface area contributed by atoms with Gasteiger partial charge in [0, 0.05) is 31.1 Å². The minimum Gasteiger partial charge on any atom is -0.354 e. The summed E-state index contributed by atoms with van der Waals surface area (Å²) in [6.45, 7) is 3.64. The average Bonchev–Trinajstić information content (AvgIpc) is 3.01. The van der Waals surface area contributed by atoms with Gasteiger partial charge in [0.1, 0.15) is 17.0 Å². The Balaban J connectivity index is 1.19. The van der Waals surface area contributed by atoms with Crippen molar-refractivity contribution in [2.75, 3.05) is 18.0 Å². The van der Waals surface area contributed by atoms with Crippen LogP contribution in [0.3, 0.4) is 0 Å². The number of aryl methyl sites for hydroxylation is 1. The predicted molar refractivity (Wildman–Crippen MR) is 121 cm³/mol. The largest absolute Gasteiger partial charge is 0.416 e. The number of aromatic nitrogens is 3. The molecule has 1 unspecified atom stereocenters. The molecule has 2 fully saturated rings. The SMILES string of the molecule is Cc1cc(Cl)n2ncnc(N3CC4(CC(N(NCc5ccc(C(F)(F)F)cc5)S(=O)O)C4)C3)c12. The molecular weight excluding hydrogens is 493 g/mol. The number of nitrogens with zero attached hydrogens (tertiary/aromatic N) is 5. The number of nitrogens with one attached hydrogen (secondary N) is 1. The van der Waals surface area contributed by atoms with Crippen LogP contribution in [-0.2, 0) is 24.0 Å². The second-order valence-electron chi connectivity index (χ2n) is 9.00. The fourth-order valence-electron chi connectivity index (χ4n) is 4.96. The van der Waals surface area contributed by atoms with Crippen LogP contribution < -0.4 is 10.3 Å². The van der Waals surface area contributed by atoms with Gasteiger partial charge in [0.2, 0.25) is 11.3 Å². The van der Waals surface area contributed by atoms with Gasteiger partial charge in [-0.2, -0.15) is 18.3 Å². The Bertz CT molecular complexity index is 1240. The van der Waals surface area contributed by atoms with Gasteiger partial charge in [0.25, 0.3) is 0 Å². The highest BCUT2D eigenvalue weighted by atomic mass is 35.5. The number of hydrogen-bond acceptors (Lipinski definition) is 5. The number of alkyl halides is 3. The van der Waals surface area contributed by atoms with E-state index in [1.807, 2.05) is 13.0 Å². The first kappa shape index (κ1) is 23.5. The fraction of sp³-hybridized carbons (Fsp3) is 0.429. The molecule has 2 aromatic heterocycles. The Hall–Kier alpha value is -2.25. The van der Waals surface area contributed by atoms with Crippen molar-refractivity contribution >= 4 is 34.2 Å². The smallest absolute Gasteiger partial charge is 0.354 e. The van der Waals surface area contributed by atoms with Gasteiger partial charge in [-0.05, 0) is 49.1 Å². The Morgan fingerprint density at radius 1 is 1.29 bits per heavy atom. The lowest BCUT2D eigenvalue weighted by atomic mass is 9.61. The van der Waals surface area contributed by atoms with E-state index >= 15 is 0 Å². The molecule has 34 heavy (non-hydrogen) atoms. The highest BCUT2D eigenvalue weighted by Crippen LogP contribution is 2.51. The number of hydrogen-bond donors (Lipinski definition) is 2. The van der Waals surface area contributed by atoms with Crippen LogP contribution >= 0.6 is 11.6 Å². The van der Waals surface area contributed by atoms with Gasteiger partial charge in [-0.25, -0.2) is 19.1 Å². The molecular formula is C21H22ClF3N6O2S. The number of benzene rings is 1. The first-order chi connectivity index (χ1) is 16.1. The molecule has 1 saturated carbocycles. The topological polar surface area (TPSA) is 86.0 Å². The van der Waals surface area contributed by atoms with E-state index in [0.717, 1.165) is 55.0 Å². The molecule has 13 heteroatoms. The lowest BCUT2D eigenvalue weighted by molar-refractivity contribution is -0.137. The summed E-state index contributed by atoms with van der Waals surface area (Å²) in [5.74, 6) is 0.816. The standard InChI is InChI=1S/C21H22ClF3N6O2S/c1-13-6-17(22)30-18(13)19(26-12-28-30)29-10-20(11-29)7-16(8-20)31(34(32)33)27-9-14-2-4-15(5-3-14)21(23,24)25/h2-6,12,16,27H,7-11H2,1H3,(H,32,33). The van der Waals surface area contributed by atoms with E-state index in [0.29, 0.717) is 10.7 Å². The lowest BCUT2D eigenvalue weighted by Crippen LogP contribution is -2.68. The van der Waals surface area contributed by atoms with Crippen LogP contribution in [0, 0.1) is 12.3 Å². The van der Waals surface area contributed by atoms with Crippen LogP contribution in [-0.4, -0.2) is 46.9 Å². The molecule has 3 aromatic rings. The highest BCUT2D eigenvalue weighted by molar-refractivity contribution is 7.76. The molecule has 1 aliphatic heterocycles. The molecule has 5 rings (SSSR count). The maximum atomic E-state index is 12.7. The summed E-state index contributed by atoms with van der Waals surface area (Å²) in [5.41, 5.74) is 4.65. The summed E-state index contributed by atoms with van der Waals surface area (Å²) in [5, 5.41) is 4.73. The van der Waals surface area contributed by atoms with Gasteiger partial charge in [0.15, 0.2) is 5.82 Å². The molecule has 1 spiro atoms. The Labute approximate surface area is 201 Å². The van der Waals surface area contributed by atoms with Crippen LogP contribution in [0.25, 0.3) is 5.52 Å². The van der Waals surface area contributed by atoms with Crippen LogP contribution in [0.5, 0.6) is 0 Å². The van der Waals surface area contributed by atoms with Crippen molar-refractivity contribution in [3.63, 3.8) is 0 Å². The maximum Gasteiger partial charge on any atom is 0.416 e. The zero-order valence-electron chi connectivity index (χ0n) is 18.1. The molecule has 2 N–H and O–H groups in total. The molecule has 8 nitrogen and oxygen atoms in total. The molecule has 0 radical (unpaired) electrons. The zero-order valence-corrected chi connectivity index (χ0v) is 19.7. The first-order valence-corrected chi connectivity index (χ1v) is 12.0. The van der Waals surface area contributed by atoms with Crippen LogP contribution in [0.1, 0.15) is 29.5 Å². The molecule has 182 valence electrons. The Kier molecular flexibility index (Phi) is 5.84. The molecule has 1 saturated heterocycles. The third kappa shape index (κ3) is 4.17. The van der Waals surface area contributed by atoms with Gasteiger partial charge in [-0.15, -0.1) is 4.41 Å². The minimum absolute atomic E-state index is 0.0323. The first-order valence-electron chi connectivity index (χ1n) is 10.6. The molecule has 1 aliphatic carbocycles. The molecule has 0 bridgehead atoms. The van der Waals surface area contributed by atoms with Crippen molar-refractivity contribution in [1.82, 2.24) is 24.4 Å². The van der Waals surface area contributed by atoms with Crippen LogP contribution in [0.4, 0.5) is 19.0 Å². The van der Waals surface area contributed by atoms with Gasteiger partial charge in [-0.1, -0.05) is 23.7 Å². The number of rotatable bonds is 6. The van der Waals surface area contributed by atoms with Crippen LogP contribution in [0.2, 0.25) is 5.15 Å². The molecule has 1 aromatic carbocycles. The maximum absolute atomic E-state index is 12.7. The van der Waals surface area contributed by atoms with Gasteiger partial charge < -0.3 is 4.90 Å². The summed E-state index contributed by atoms with van der Waals surface area (Å²) in [4.78, 5) is 6.61. The zero-order chi connectivity index (χ0) is 24.3. The van der Waals surface area contributed by atoms with Crippen molar-refractivity contribution in [1.29, 1.82) is 0 Å². The van der Waals surface area contributed by atoms with Crippen molar-refractivity contribution < 1.29 is 21.9 Å². The Morgan fingerprint density at radius 3 is 2.59 bits per heavy atom. The molecule has 3 heterocycles. The summed E-state index contributed by atoms with van der Waals surface area (Å²) in [6, 6.07) is 6.42. The number of halogens is 4.